The molecule has 7 heteroatoms. The molecule has 1 aromatic heterocycles. The smallest absolute Gasteiger partial charge is 0.192 e. The standard InChI is InChI=1S/C23H36N6O/c1-17-27-28-21(29(17)5)16-25-22(26-19-12-7-6-8-13-19)24-15-18-11-9-10-14-20(18)30-23(2,3)4/h9-11,14,19H,6-8,12-13,15-16H2,1-5H3,(H2,24,25,26). The van der Waals surface area contributed by atoms with Crippen molar-refractivity contribution in [2.24, 2.45) is 12.0 Å². The lowest BCUT2D eigenvalue weighted by atomic mass is 9.96. The van der Waals surface area contributed by atoms with Gasteiger partial charge in [0.1, 0.15) is 17.2 Å². The Balaban J connectivity index is 1.73. The summed E-state index contributed by atoms with van der Waals surface area (Å²) in [6.45, 7) is 9.27. The highest BCUT2D eigenvalue weighted by atomic mass is 16.5. The minimum absolute atomic E-state index is 0.246. The van der Waals surface area contributed by atoms with Crippen LogP contribution < -0.4 is 15.4 Å². The fraction of sp³-hybridized carbons (Fsp3) is 0.609. The van der Waals surface area contributed by atoms with Gasteiger partial charge in [0.25, 0.3) is 0 Å². The first-order valence-corrected chi connectivity index (χ1v) is 11.0. The molecule has 0 aliphatic heterocycles. The number of guanidine groups is 1. The molecular formula is C23H36N6O. The third-order valence-corrected chi connectivity index (χ3v) is 5.34. The largest absolute Gasteiger partial charge is 0.488 e. The highest BCUT2D eigenvalue weighted by molar-refractivity contribution is 5.80. The normalized spacial score (nSPS) is 15.8. The van der Waals surface area contributed by atoms with Crippen molar-refractivity contribution in [1.82, 2.24) is 25.4 Å². The van der Waals surface area contributed by atoms with E-state index in [1.807, 2.05) is 36.7 Å². The molecule has 1 heterocycles. The second kappa shape index (κ2) is 9.96. The molecule has 30 heavy (non-hydrogen) atoms. The van der Waals surface area contributed by atoms with Crippen molar-refractivity contribution in [2.45, 2.75) is 84.5 Å². The molecule has 1 fully saturated rings. The van der Waals surface area contributed by atoms with Crippen LogP contribution in [-0.4, -0.2) is 32.4 Å². The highest BCUT2D eigenvalue weighted by Crippen LogP contribution is 2.24. The van der Waals surface area contributed by atoms with Crippen LogP contribution in [0.3, 0.4) is 0 Å². The van der Waals surface area contributed by atoms with Crippen LogP contribution in [0.4, 0.5) is 0 Å². The van der Waals surface area contributed by atoms with Gasteiger partial charge in [-0.05, 0) is 46.6 Å². The first-order chi connectivity index (χ1) is 14.3. The molecule has 0 unspecified atom stereocenters. The summed E-state index contributed by atoms with van der Waals surface area (Å²) in [7, 11) is 1.98. The van der Waals surface area contributed by atoms with Crippen LogP contribution in [0, 0.1) is 6.92 Å². The van der Waals surface area contributed by atoms with Gasteiger partial charge in [0.15, 0.2) is 11.8 Å². The van der Waals surface area contributed by atoms with Crippen molar-refractivity contribution in [3.05, 3.63) is 41.5 Å². The predicted octanol–water partition coefficient (Wildman–Crippen LogP) is 3.87. The number of aromatic nitrogens is 3. The van der Waals surface area contributed by atoms with E-state index in [9.17, 15) is 0 Å². The molecule has 1 saturated carbocycles. The number of nitrogens with zero attached hydrogens (tertiary/aromatic N) is 4. The molecule has 0 radical (unpaired) electrons. The van der Waals surface area contributed by atoms with Gasteiger partial charge < -0.3 is 19.9 Å². The summed E-state index contributed by atoms with van der Waals surface area (Å²) in [6.07, 6.45) is 6.25. The Morgan fingerprint density at radius 3 is 2.57 bits per heavy atom. The van der Waals surface area contributed by atoms with Crippen molar-refractivity contribution >= 4 is 5.96 Å². The molecule has 164 valence electrons. The Bertz CT molecular complexity index is 846. The van der Waals surface area contributed by atoms with Crippen LogP contribution in [0.2, 0.25) is 0 Å². The van der Waals surface area contributed by atoms with E-state index in [0.717, 1.165) is 28.9 Å². The molecule has 1 aliphatic carbocycles. The second-order valence-corrected chi connectivity index (χ2v) is 9.04. The number of aliphatic imine (C=N–C) groups is 1. The highest BCUT2D eigenvalue weighted by Gasteiger charge is 2.17. The average molecular weight is 413 g/mol. The van der Waals surface area contributed by atoms with E-state index in [4.69, 9.17) is 9.73 Å². The number of para-hydroxylation sites is 1. The van der Waals surface area contributed by atoms with Crippen LogP contribution in [0.1, 0.15) is 70.1 Å². The van der Waals surface area contributed by atoms with E-state index in [1.165, 1.54) is 32.1 Å². The van der Waals surface area contributed by atoms with Gasteiger partial charge in [-0.2, -0.15) is 0 Å². The van der Waals surface area contributed by atoms with Gasteiger partial charge in [0.2, 0.25) is 0 Å². The molecule has 0 amide bonds. The molecule has 3 rings (SSSR count). The maximum absolute atomic E-state index is 6.13. The number of hydrogen-bond acceptors (Lipinski definition) is 4. The van der Waals surface area contributed by atoms with Gasteiger partial charge >= 0.3 is 0 Å². The SMILES string of the molecule is Cc1nnc(CNC(=NCc2ccccc2OC(C)(C)C)NC2CCCCC2)n1C. The Morgan fingerprint density at radius 2 is 1.90 bits per heavy atom. The minimum Gasteiger partial charge on any atom is -0.488 e. The van der Waals surface area contributed by atoms with Crippen LogP contribution >= 0.6 is 0 Å². The number of nitrogens with one attached hydrogen (secondary N) is 2. The molecular weight excluding hydrogens is 376 g/mol. The third-order valence-electron chi connectivity index (χ3n) is 5.34. The molecule has 0 spiro atoms. The summed E-state index contributed by atoms with van der Waals surface area (Å²) in [6, 6.07) is 8.59. The summed E-state index contributed by atoms with van der Waals surface area (Å²) in [5.41, 5.74) is 0.830. The predicted molar refractivity (Wildman–Crippen MR) is 121 cm³/mol. The second-order valence-electron chi connectivity index (χ2n) is 9.04. The van der Waals surface area contributed by atoms with Crippen molar-refractivity contribution in [1.29, 1.82) is 0 Å². The van der Waals surface area contributed by atoms with E-state index in [2.05, 4.69) is 47.7 Å². The molecule has 1 aromatic carbocycles. The maximum Gasteiger partial charge on any atom is 0.192 e. The zero-order chi connectivity index (χ0) is 21.6. The van der Waals surface area contributed by atoms with Gasteiger partial charge in [-0.15, -0.1) is 10.2 Å². The van der Waals surface area contributed by atoms with Crippen molar-refractivity contribution in [3.63, 3.8) is 0 Å². The van der Waals surface area contributed by atoms with Crippen LogP contribution in [0.25, 0.3) is 0 Å². The number of rotatable bonds is 6. The van der Waals surface area contributed by atoms with Crippen molar-refractivity contribution in [3.8, 4) is 5.75 Å². The lowest BCUT2D eigenvalue weighted by Gasteiger charge is -2.25. The fourth-order valence-electron chi connectivity index (χ4n) is 3.59. The summed E-state index contributed by atoms with van der Waals surface area (Å²) < 4.78 is 8.13. The first kappa shape index (κ1) is 22.1. The average Bonchev–Trinajstić information content (AvgIpc) is 3.03. The van der Waals surface area contributed by atoms with E-state index < -0.39 is 0 Å². The Hall–Kier alpha value is -2.57. The summed E-state index contributed by atoms with van der Waals surface area (Å²) in [5, 5.41) is 15.5. The van der Waals surface area contributed by atoms with Crippen LogP contribution in [-0.2, 0) is 20.1 Å². The minimum atomic E-state index is -0.246. The summed E-state index contributed by atoms with van der Waals surface area (Å²) in [4.78, 5) is 4.89. The quantitative estimate of drug-likeness (QED) is 0.556. The first-order valence-electron chi connectivity index (χ1n) is 11.0. The van der Waals surface area contributed by atoms with E-state index >= 15 is 0 Å². The number of benzene rings is 1. The molecule has 2 aromatic rings. The van der Waals surface area contributed by atoms with Gasteiger partial charge in [-0.3, -0.25) is 0 Å². The summed E-state index contributed by atoms with van der Waals surface area (Å²) >= 11 is 0. The van der Waals surface area contributed by atoms with Crippen molar-refractivity contribution < 1.29 is 4.74 Å². The third kappa shape index (κ3) is 6.47. The number of hydrogen-bond donors (Lipinski definition) is 2. The molecule has 2 N–H and O–H groups in total. The zero-order valence-corrected chi connectivity index (χ0v) is 19.0. The van der Waals surface area contributed by atoms with Crippen LogP contribution in [0.15, 0.2) is 29.3 Å². The topological polar surface area (TPSA) is 76.4 Å². The Labute approximate surface area is 180 Å². The maximum atomic E-state index is 6.13. The molecule has 0 atom stereocenters. The van der Waals surface area contributed by atoms with Gasteiger partial charge in [-0.1, -0.05) is 37.5 Å². The van der Waals surface area contributed by atoms with E-state index in [-0.39, 0.29) is 5.60 Å². The lowest BCUT2D eigenvalue weighted by Crippen LogP contribution is -2.44. The van der Waals surface area contributed by atoms with E-state index in [1.54, 1.807) is 0 Å². The number of aryl methyl sites for hydroxylation is 1. The zero-order valence-electron chi connectivity index (χ0n) is 19.0. The van der Waals surface area contributed by atoms with Gasteiger partial charge in [0.05, 0.1) is 13.1 Å². The van der Waals surface area contributed by atoms with Gasteiger partial charge in [-0.25, -0.2) is 4.99 Å². The monoisotopic (exact) mass is 412 g/mol. The van der Waals surface area contributed by atoms with Gasteiger partial charge in [0, 0.05) is 18.7 Å². The molecule has 1 aliphatic rings. The van der Waals surface area contributed by atoms with Crippen LogP contribution in [0.5, 0.6) is 5.75 Å². The van der Waals surface area contributed by atoms with Crippen molar-refractivity contribution in [2.75, 3.05) is 0 Å². The molecule has 0 bridgehead atoms. The number of ether oxygens (including phenoxy) is 1. The van der Waals surface area contributed by atoms with E-state index in [0.29, 0.717) is 19.1 Å². The molecule has 0 saturated heterocycles. The summed E-state index contributed by atoms with van der Waals surface area (Å²) in [5.74, 6) is 3.49. The fourth-order valence-corrected chi connectivity index (χ4v) is 3.59. The molecule has 7 nitrogen and oxygen atoms in total. The Kier molecular flexibility index (Phi) is 7.34. The lowest BCUT2D eigenvalue weighted by molar-refractivity contribution is 0.129. The Morgan fingerprint density at radius 1 is 1.17 bits per heavy atom.